The van der Waals surface area contributed by atoms with Crippen molar-refractivity contribution in [2.24, 2.45) is 5.41 Å². The Balaban J connectivity index is 1.36. The van der Waals surface area contributed by atoms with Gasteiger partial charge in [0.2, 0.25) is 11.8 Å². The minimum absolute atomic E-state index is 0.235. The summed E-state index contributed by atoms with van der Waals surface area (Å²) in [5, 5.41) is 15.8. The van der Waals surface area contributed by atoms with Gasteiger partial charge in [0.05, 0.1) is 11.6 Å². The van der Waals surface area contributed by atoms with Gasteiger partial charge >= 0.3 is 0 Å². The molecule has 2 amide bonds. The molecule has 1 heterocycles. The molecule has 3 aromatic rings. The number of carbonyl (C=O) groups excluding carboxylic acids is 2. The highest BCUT2D eigenvalue weighted by molar-refractivity contribution is 6.13. The van der Waals surface area contributed by atoms with Gasteiger partial charge in [-0.2, -0.15) is 5.26 Å². The maximum Gasteiger partial charge on any atom is 0.240 e. The molecule has 1 fully saturated rings. The largest absolute Gasteiger partial charge is 0.361 e. The van der Waals surface area contributed by atoms with Gasteiger partial charge in [-0.15, -0.1) is 0 Å². The highest BCUT2D eigenvalue weighted by Crippen LogP contribution is 2.46. The molecule has 1 aromatic heterocycles. The first-order valence-electron chi connectivity index (χ1n) is 9.27. The highest BCUT2D eigenvalue weighted by atomic mass is 16.2. The van der Waals surface area contributed by atoms with Crippen molar-refractivity contribution in [1.82, 2.24) is 10.3 Å². The van der Waals surface area contributed by atoms with Crippen LogP contribution in [-0.4, -0.2) is 23.3 Å². The molecule has 0 bridgehead atoms. The third-order valence-electron chi connectivity index (χ3n) is 5.22. The lowest BCUT2D eigenvalue weighted by Crippen LogP contribution is -2.40. The number of aromatic nitrogens is 1. The number of benzene rings is 2. The first kappa shape index (κ1) is 17.8. The number of rotatable bonds is 6. The number of nitriles is 1. The number of amides is 2. The Morgan fingerprint density at radius 2 is 1.93 bits per heavy atom. The van der Waals surface area contributed by atoms with Crippen LogP contribution in [0.25, 0.3) is 10.9 Å². The average Bonchev–Trinajstić information content (AvgIpc) is 3.44. The van der Waals surface area contributed by atoms with Crippen LogP contribution in [0.3, 0.4) is 0 Å². The summed E-state index contributed by atoms with van der Waals surface area (Å²) < 4.78 is 0. The fraction of sp³-hybridized carbons (Fsp3) is 0.227. The standard InChI is InChI=1S/C22H20N4O2/c23-13-15-4-3-5-17(12-15)26-21(28)22(9-10-22)20(27)24-11-8-16-14-25-19-7-2-1-6-18(16)19/h1-7,12,14,25H,8-11H2,(H,24,27)(H,26,28). The Hall–Kier alpha value is -3.59. The first-order chi connectivity index (χ1) is 13.6. The van der Waals surface area contributed by atoms with Crippen LogP contribution in [0.5, 0.6) is 0 Å². The van der Waals surface area contributed by atoms with Crippen LogP contribution < -0.4 is 10.6 Å². The van der Waals surface area contributed by atoms with E-state index in [1.807, 2.05) is 36.5 Å². The van der Waals surface area contributed by atoms with Crippen LogP contribution in [0.2, 0.25) is 0 Å². The number of aromatic amines is 1. The minimum Gasteiger partial charge on any atom is -0.361 e. The number of para-hydroxylation sites is 1. The molecule has 0 atom stereocenters. The maximum absolute atomic E-state index is 12.6. The van der Waals surface area contributed by atoms with E-state index in [4.69, 9.17) is 5.26 Å². The van der Waals surface area contributed by atoms with Gasteiger partial charge in [-0.25, -0.2) is 0 Å². The number of nitrogens with zero attached hydrogens (tertiary/aromatic N) is 1. The van der Waals surface area contributed by atoms with Gasteiger partial charge in [-0.3, -0.25) is 9.59 Å². The van der Waals surface area contributed by atoms with E-state index >= 15 is 0 Å². The molecule has 4 rings (SSSR count). The SMILES string of the molecule is N#Cc1cccc(NC(=O)C2(C(=O)NCCc3c[nH]c4ccccc34)CC2)c1. The third-order valence-corrected chi connectivity index (χ3v) is 5.22. The number of fused-ring (bicyclic) bond motifs is 1. The van der Waals surface area contributed by atoms with Gasteiger partial charge in [0, 0.05) is 29.3 Å². The van der Waals surface area contributed by atoms with Gasteiger partial charge in [-0.05, 0) is 49.1 Å². The number of carbonyl (C=O) groups is 2. The molecular formula is C22H20N4O2. The van der Waals surface area contributed by atoms with E-state index in [2.05, 4.69) is 15.6 Å². The van der Waals surface area contributed by atoms with Crippen molar-refractivity contribution in [2.75, 3.05) is 11.9 Å². The molecule has 1 saturated carbocycles. The fourth-order valence-corrected chi connectivity index (χ4v) is 3.42. The van der Waals surface area contributed by atoms with Gasteiger partial charge in [0.25, 0.3) is 0 Å². The average molecular weight is 372 g/mol. The Morgan fingerprint density at radius 3 is 2.71 bits per heavy atom. The zero-order valence-electron chi connectivity index (χ0n) is 15.3. The predicted molar refractivity (Wildman–Crippen MR) is 106 cm³/mol. The summed E-state index contributed by atoms with van der Waals surface area (Å²) in [6.45, 7) is 0.472. The van der Waals surface area contributed by atoms with E-state index in [1.165, 1.54) is 0 Å². The molecule has 6 heteroatoms. The van der Waals surface area contributed by atoms with E-state index in [1.54, 1.807) is 24.3 Å². The van der Waals surface area contributed by atoms with Gasteiger partial charge in [0.15, 0.2) is 0 Å². The number of nitrogens with one attached hydrogen (secondary N) is 3. The number of hydrogen-bond donors (Lipinski definition) is 3. The smallest absolute Gasteiger partial charge is 0.240 e. The van der Waals surface area contributed by atoms with Crippen LogP contribution in [0.15, 0.2) is 54.7 Å². The summed E-state index contributed by atoms with van der Waals surface area (Å²) in [6, 6.07) is 16.8. The van der Waals surface area contributed by atoms with Crippen molar-refractivity contribution in [3.63, 3.8) is 0 Å². The Kier molecular flexibility index (Phi) is 4.58. The van der Waals surface area contributed by atoms with E-state index in [0.29, 0.717) is 37.1 Å². The predicted octanol–water partition coefficient (Wildman–Crippen LogP) is 3.12. The Labute approximate surface area is 162 Å². The van der Waals surface area contributed by atoms with Crippen molar-refractivity contribution in [2.45, 2.75) is 19.3 Å². The van der Waals surface area contributed by atoms with Crippen LogP contribution in [0.4, 0.5) is 5.69 Å². The van der Waals surface area contributed by atoms with Gasteiger partial charge in [0.1, 0.15) is 5.41 Å². The van der Waals surface area contributed by atoms with E-state index in [9.17, 15) is 9.59 Å². The fourth-order valence-electron chi connectivity index (χ4n) is 3.42. The maximum atomic E-state index is 12.6. The van der Waals surface area contributed by atoms with Crippen molar-refractivity contribution in [3.05, 3.63) is 65.9 Å². The van der Waals surface area contributed by atoms with E-state index < -0.39 is 5.41 Å². The molecule has 1 aliphatic carbocycles. The molecule has 0 spiro atoms. The normalized spacial score (nSPS) is 14.2. The highest BCUT2D eigenvalue weighted by Gasteiger charge is 2.56. The third kappa shape index (κ3) is 3.35. The van der Waals surface area contributed by atoms with Crippen LogP contribution in [-0.2, 0) is 16.0 Å². The molecular weight excluding hydrogens is 352 g/mol. The van der Waals surface area contributed by atoms with Crippen LogP contribution >= 0.6 is 0 Å². The van der Waals surface area contributed by atoms with E-state index in [-0.39, 0.29) is 11.8 Å². The number of anilines is 1. The van der Waals surface area contributed by atoms with Crippen LogP contribution in [0.1, 0.15) is 24.0 Å². The topological polar surface area (TPSA) is 97.8 Å². The van der Waals surface area contributed by atoms with Crippen molar-refractivity contribution in [3.8, 4) is 6.07 Å². The first-order valence-corrected chi connectivity index (χ1v) is 9.27. The van der Waals surface area contributed by atoms with Crippen molar-refractivity contribution >= 4 is 28.4 Å². The zero-order chi connectivity index (χ0) is 19.6. The summed E-state index contributed by atoms with van der Waals surface area (Å²) in [7, 11) is 0. The molecule has 0 aliphatic heterocycles. The van der Waals surface area contributed by atoms with E-state index in [0.717, 1.165) is 16.5 Å². The molecule has 1 aliphatic rings. The molecule has 140 valence electrons. The monoisotopic (exact) mass is 372 g/mol. The van der Waals surface area contributed by atoms with Crippen LogP contribution in [0, 0.1) is 16.7 Å². The lowest BCUT2D eigenvalue weighted by atomic mass is 10.0. The molecule has 3 N–H and O–H groups in total. The molecule has 6 nitrogen and oxygen atoms in total. The molecule has 2 aromatic carbocycles. The van der Waals surface area contributed by atoms with Gasteiger partial charge in [-0.1, -0.05) is 24.3 Å². The second kappa shape index (κ2) is 7.20. The quantitative estimate of drug-likeness (QED) is 0.580. The summed E-state index contributed by atoms with van der Waals surface area (Å²) in [6.07, 6.45) is 3.72. The Bertz CT molecular complexity index is 1090. The second-order valence-corrected chi connectivity index (χ2v) is 7.09. The lowest BCUT2D eigenvalue weighted by molar-refractivity contribution is -0.134. The molecule has 28 heavy (non-hydrogen) atoms. The molecule has 0 saturated heterocycles. The summed E-state index contributed by atoms with van der Waals surface area (Å²) in [4.78, 5) is 28.5. The minimum atomic E-state index is -0.997. The summed E-state index contributed by atoms with van der Waals surface area (Å²) in [5.74, 6) is -0.548. The molecule has 0 radical (unpaired) electrons. The second-order valence-electron chi connectivity index (χ2n) is 7.09. The van der Waals surface area contributed by atoms with Crippen molar-refractivity contribution < 1.29 is 9.59 Å². The Morgan fingerprint density at radius 1 is 1.11 bits per heavy atom. The van der Waals surface area contributed by atoms with Gasteiger partial charge < -0.3 is 15.6 Å². The summed E-state index contributed by atoms with van der Waals surface area (Å²) >= 11 is 0. The summed E-state index contributed by atoms with van der Waals surface area (Å²) in [5.41, 5.74) is 2.20. The lowest BCUT2D eigenvalue weighted by Gasteiger charge is -2.15. The zero-order valence-corrected chi connectivity index (χ0v) is 15.3. The number of hydrogen-bond acceptors (Lipinski definition) is 3. The molecule has 0 unspecified atom stereocenters. The van der Waals surface area contributed by atoms with Crippen molar-refractivity contribution in [1.29, 1.82) is 5.26 Å². The number of H-pyrrole nitrogens is 1.